The van der Waals surface area contributed by atoms with Gasteiger partial charge in [-0.15, -0.1) is 0 Å². The monoisotopic (exact) mass is 356 g/mol. The molecule has 0 saturated heterocycles. The molecule has 0 bridgehead atoms. The van der Waals surface area contributed by atoms with Crippen molar-refractivity contribution in [3.05, 3.63) is 39.4 Å². The number of hydrogen-bond donors (Lipinski definition) is 1. The third-order valence-corrected chi connectivity index (χ3v) is 3.22. The minimum absolute atomic E-state index is 0.000236. The number of nitrogens with zero attached hydrogens (tertiary/aromatic N) is 3. The lowest BCUT2D eigenvalue weighted by atomic mass is 9.91. The quantitative estimate of drug-likeness (QED) is 0.842. The van der Waals surface area contributed by atoms with Crippen molar-refractivity contribution in [3.63, 3.8) is 0 Å². The highest BCUT2D eigenvalue weighted by Gasteiger charge is 2.17. The van der Waals surface area contributed by atoms with Crippen LogP contribution in [0.3, 0.4) is 0 Å². The summed E-state index contributed by atoms with van der Waals surface area (Å²) >= 11 is 2.23. The molecular weight excluding hydrogens is 339 g/mol. The molecule has 0 aliphatic carbocycles. The van der Waals surface area contributed by atoms with Crippen molar-refractivity contribution in [1.29, 1.82) is 0 Å². The number of pyridine rings is 1. The van der Waals surface area contributed by atoms with Crippen LogP contribution in [0.5, 0.6) is 0 Å². The van der Waals surface area contributed by atoms with Gasteiger partial charge >= 0.3 is 0 Å². The molecule has 0 atom stereocenters. The lowest BCUT2D eigenvalue weighted by Crippen LogP contribution is -2.16. The van der Waals surface area contributed by atoms with Crippen LogP contribution in [-0.2, 0) is 12.0 Å². The third-order valence-electron chi connectivity index (χ3n) is 2.66. The molecule has 0 radical (unpaired) electrons. The summed E-state index contributed by atoms with van der Waals surface area (Å²) in [7, 11) is 0. The molecule has 2 rings (SSSR count). The van der Waals surface area contributed by atoms with Gasteiger partial charge in [0.1, 0.15) is 0 Å². The van der Waals surface area contributed by atoms with E-state index in [1.54, 1.807) is 4.68 Å². The second-order valence-corrected chi connectivity index (χ2v) is 6.52. The first-order chi connectivity index (χ1) is 8.40. The van der Waals surface area contributed by atoms with E-state index < -0.39 is 0 Å². The summed E-state index contributed by atoms with van der Waals surface area (Å²) in [6.45, 7) is 6.95. The van der Waals surface area contributed by atoms with Gasteiger partial charge in [-0.2, -0.15) is 5.10 Å². The summed E-state index contributed by atoms with van der Waals surface area (Å²) in [6, 6.07) is 4.05. The zero-order valence-corrected chi connectivity index (χ0v) is 13.0. The molecular formula is C13H17IN4. The van der Waals surface area contributed by atoms with E-state index >= 15 is 0 Å². The Morgan fingerprint density at radius 2 is 2.06 bits per heavy atom. The minimum atomic E-state index is 0.000236. The van der Waals surface area contributed by atoms with Crippen molar-refractivity contribution < 1.29 is 0 Å². The molecule has 0 aliphatic rings. The molecule has 0 unspecified atom stereocenters. The predicted molar refractivity (Wildman–Crippen MR) is 80.7 cm³/mol. The number of halogens is 1. The van der Waals surface area contributed by atoms with Crippen molar-refractivity contribution in [1.82, 2.24) is 14.8 Å². The normalized spacial score (nSPS) is 11.8. The Morgan fingerprint density at radius 3 is 2.56 bits per heavy atom. The van der Waals surface area contributed by atoms with E-state index in [1.807, 2.05) is 18.5 Å². The van der Waals surface area contributed by atoms with Crippen LogP contribution < -0.4 is 5.73 Å². The molecule has 0 aliphatic heterocycles. The molecule has 5 heteroatoms. The molecule has 2 heterocycles. The summed E-state index contributed by atoms with van der Waals surface area (Å²) in [6.07, 6.45) is 3.77. The predicted octanol–water partition coefficient (Wildman–Crippen LogP) is 2.63. The summed E-state index contributed by atoms with van der Waals surface area (Å²) in [5.74, 6) is 0.825. The average Bonchev–Trinajstić information content (AvgIpc) is 2.74. The van der Waals surface area contributed by atoms with Crippen LogP contribution in [0.25, 0.3) is 5.82 Å². The standard InChI is InChI=1S/C13H17IN4/c1-13(2,3)11-4-9(6-15)5-12(17-11)18-8-10(14)7-16-18/h4-5,7-8H,6,15H2,1-3H3. The maximum absolute atomic E-state index is 5.76. The highest BCUT2D eigenvalue weighted by Crippen LogP contribution is 2.23. The van der Waals surface area contributed by atoms with Gasteiger partial charge in [-0.25, -0.2) is 9.67 Å². The average molecular weight is 356 g/mol. The second kappa shape index (κ2) is 4.97. The summed E-state index contributed by atoms with van der Waals surface area (Å²) in [4.78, 5) is 4.68. The highest BCUT2D eigenvalue weighted by atomic mass is 127. The van der Waals surface area contributed by atoms with Gasteiger partial charge in [0.25, 0.3) is 0 Å². The van der Waals surface area contributed by atoms with Gasteiger partial charge in [0, 0.05) is 23.9 Å². The van der Waals surface area contributed by atoms with Crippen molar-refractivity contribution >= 4 is 22.6 Å². The smallest absolute Gasteiger partial charge is 0.153 e. The molecule has 2 aromatic rings. The maximum Gasteiger partial charge on any atom is 0.153 e. The Morgan fingerprint density at radius 1 is 1.33 bits per heavy atom. The third kappa shape index (κ3) is 2.89. The van der Waals surface area contributed by atoms with Gasteiger partial charge in [0.2, 0.25) is 0 Å². The van der Waals surface area contributed by atoms with Gasteiger partial charge < -0.3 is 5.73 Å². The Bertz CT molecular complexity index is 554. The molecule has 0 aromatic carbocycles. The fourth-order valence-electron chi connectivity index (χ4n) is 1.62. The highest BCUT2D eigenvalue weighted by molar-refractivity contribution is 14.1. The van der Waals surface area contributed by atoms with E-state index in [9.17, 15) is 0 Å². The van der Waals surface area contributed by atoms with Gasteiger partial charge in [-0.1, -0.05) is 20.8 Å². The molecule has 2 aromatic heterocycles. The summed E-state index contributed by atoms with van der Waals surface area (Å²) < 4.78 is 2.88. The van der Waals surface area contributed by atoms with Gasteiger partial charge in [-0.05, 0) is 40.3 Å². The van der Waals surface area contributed by atoms with Crippen LogP contribution in [0, 0.1) is 3.57 Å². The zero-order valence-electron chi connectivity index (χ0n) is 10.8. The Balaban J connectivity index is 2.54. The topological polar surface area (TPSA) is 56.7 Å². The molecule has 0 saturated carbocycles. The van der Waals surface area contributed by atoms with E-state index in [-0.39, 0.29) is 5.41 Å². The SMILES string of the molecule is CC(C)(C)c1cc(CN)cc(-n2cc(I)cn2)n1. The molecule has 96 valence electrons. The lowest BCUT2D eigenvalue weighted by Gasteiger charge is -2.19. The van der Waals surface area contributed by atoms with E-state index in [2.05, 4.69) is 59.5 Å². The van der Waals surface area contributed by atoms with Crippen LogP contribution in [0.4, 0.5) is 0 Å². The fourth-order valence-corrected chi connectivity index (χ4v) is 2.01. The van der Waals surface area contributed by atoms with E-state index in [0.29, 0.717) is 6.54 Å². The lowest BCUT2D eigenvalue weighted by molar-refractivity contribution is 0.564. The van der Waals surface area contributed by atoms with Crippen molar-refractivity contribution in [3.8, 4) is 5.82 Å². The molecule has 0 fully saturated rings. The van der Waals surface area contributed by atoms with Crippen LogP contribution in [-0.4, -0.2) is 14.8 Å². The van der Waals surface area contributed by atoms with E-state index in [1.165, 1.54) is 0 Å². The zero-order chi connectivity index (χ0) is 13.3. The van der Waals surface area contributed by atoms with Crippen LogP contribution in [0.2, 0.25) is 0 Å². The molecule has 0 spiro atoms. The summed E-state index contributed by atoms with van der Waals surface area (Å²) in [5.41, 5.74) is 7.87. The van der Waals surface area contributed by atoms with Crippen molar-refractivity contribution in [2.24, 2.45) is 5.73 Å². The number of hydrogen-bond acceptors (Lipinski definition) is 3. The van der Waals surface area contributed by atoms with E-state index in [4.69, 9.17) is 5.73 Å². The van der Waals surface area contributed by atoms with Crippen LogP contribution in [0.1, 0.15) is 32.0 Å². The molecule has 4 nitrogen and oxygen atoms in total. The molecule has 18 heavy (non-hydrogen) atoms. The molecule has 0 amide bonds. The van der Waals surface area contributed by atoms with Gasteiger partial charge in [0.05, 0.1) is 9.77 Å². The Hall–Kier alpha value is -0.950. The Labute approximate surface area is 121 Å². The fraction of sp³-hybridized carbons (Fsp3) is 0.385. The largest absolute Gasteiger partial charge is 0.326 e. The van der Waals surface area contributed by atoms with Crippen molar-refractivity contribution in [2.75, 3.05) is 0 Å². The first-order valence-corrected chi connectivity index (χ1v) is 6.90. The minimum Gasteiger partial charge on any atom is -0.326 e. The van der Waals surface area contributed by atoms with Crippen LogP contribution in [0.15, 0.2) is 24.5 Å². The maximum atomic E-state index is 5.76. The number of aromatic nitrogens is 3. The van der Waals surface area contributed by atoms with Crippen LogP contribution >= 0.6 is 22.6 Å². The summed E-state index contributed by atoms with van der Waals surface area (Å²) in [5, 5.41) is 4.29. The van der Waals surface area contributed by atoms with E-state index in [0.717, 1.165) is 20.6 Å². The van der Waals surface area contributed by atoms with Crippen molar-refractivity contribution in [2.45, 2.75) is 32.7 Å². The Kier molecular flexibility index (Phi) is 3.72. The second-order valence-electron chi connectivity index (χ2n) is 5.28. The number of rotatable bonds is 2. The van der Waals surface area contributed by atoms with Gasteiger partial charge in [-0.3, -0.25) is 0 Å². The molecule has 2 N–H and O–H groups in total. The first kappa shape index (κ1) is 13.5. The first-order valence-electron chi connectivity index (χ1n) is 5.82. The van der Waals surface area contributed by atoms with Gasteiger partial charge in [0.15, 0.2) is 5.82 Å². The number of nitrogens with two attached hydrogens (primary N) is 1.